The zero-order valence-corrected chi connectivity index (χ0v) is 17.0. The summed E-state index contributed by atoms with van der Waals surface area (Å²) in [5.41, 5.74) is -0.536. The Morgan fingerprint density at radius 3 is 1.48 bits per heavy atom. The number of carbonyl (C=O) groups is 3. The van der Waals surface area contributed by atoms with Crippen molar-refractivity contribution in [2.24, 2.45) is 5.41 Å². The lowest BCUT2D eigenvalue weighted by Crippen LogP contribution is -2.73. The number of halogens is 2. The summed E-state index contributed by atoms with van der Waals surface area (Å²) in [5.74, 6) is -1.48. The Bertz CT molecular complexity index is 947. The van der Waals surface area contributed by atoms with Crippen LogP contribution in [0.1, 0.15) is 23.2 Å². The first-order valence-electron chi connectivity index (χ1n) is 8.57. The summed E-state index contributed by atoms with van der Waals surface area (Å²) < 4.78 is 0. The van der Waals surface area contributed by atoms with Gasteiger partial charge in [0.2, 0.25) is 11.8 Å². The zero-order chi connectivity index (χ0) is 20.8. The van der Waals surface area contributed by atoms with Gasteiger partial charge in [0, 0.05) is 10.0 Å². The molecule has 0 aliphatic carbocycles. The van der Waals surface area contributed by atoms with Crippen LogP contribution in [0.5, 0.6) is 0 Å². The molecule has 2 aromatic carbocycles. The van der Waals surface area contributed by atoms with Crippen LogP contribution < -0.4 is 21.3 Å². The van der Waals surface area contributed by atoms with E-state index in [-0.39, 0.29) is 5.11 Å². The summed E-state index contributed by atoms with van der Waals surface area (Å²) >= 11 is 17.4. The van der Waals surface area contributed by atoms with E-state index in [0.29, 0.717) is 21.2 Å². The zero-order valence-electron chi connectivity index (χ0n) is 14.7. The van der Waals surface area contributed by atoms with Crippen molar-refractivity contribution in [1.82, 2.24) is 21.3 Å². The average Bonchev–Trinajstić information content (AvgIpc) is 2.67. The highest BCUT2D eigenvalue weighted by Crippen LogP contribution is 2.48. The Labute approximate surface area is 181 Å². The third-order valence-corrected chi connectivity index (χ3v) is 5.81. The van der Waals surface area contributed by atoms with E-state index >= 15 is 0 Å². The van der Waals surface area contributed by atoms with Crippen molar-refractivity contribution in [3.8, 4) is 0 Å². The van der Waals surface area contributed by atoms with Crippen LogP contribution >= 0.6 is 35.4 Å². The number of carbonyl (C=O) groups excluding carboxylic acids is 3. The van der Waals surface area contributed by atoms with Gasteiger partial charge < -0.3 is 10.6 Å². The maximum Gasteiger partial charge on any atom is 0.328 e. The topological polar surface area (TPSA) is 99.3 Å². The van der Waals surface area contributed by atoms with Crippen molar-refractivity contribution in [2.75, 3.05) is 0 Å². The van der Waals surface area contributed by atoms with Gasteiger partial charge in [-0.2, -0.15) is 0 Å². The minimum absolute atomic E-state index is 0.257. The maximum absolute atomic E-state index is 13.2. The Morgan fingerprint density at radius 1 is 0.724 bits per heavy atom. The number of rotatable bonds is 2. The quantitative estimate of drug-likeness (QED) is 0.416. The molecule has 2 unspecified atom stereocenters. The SMILES string of the molecule is O=C1NC(=O)C2(C(=O)N1)C(c1ccc(Cl)cc1)NC(=S)NC2c1ccc(Cl)cc1. The maximum atomic E-state index is 13.2. The van der Waals surface area contributed by atoms with Crippen LogP contribution in [0, 0.1) is 5.41 Å². The molecule has 4 rings (SSSR count). The van der Waals surface area contributed by atoms with E-state index in [1.165, 1.54) is 0 Å². The molecule has 0 bridgehead atoms. The predicted molar refractivity (Wildman–Crippen MR) is 111 cm³/mol. The summed E-state index contributed by atoms with van der Waals surface area (Å²) in [6.45, 7) is 0. The highest BCUT2D eigenvalue weighted by Gasteiger charge is 2.63. The van der Waals surface area contributed by atoms with Crippen molar-refractivity contribution in [3.05, 3.63) is 69.7 Å². The number of hydrogen-bond donors (Lipinski definition) is 4. The fraction of sp³-hybridized carbons (Fsp3) is 0.158. The smallest absolute Gasteiger partial charge is 0.328 e. The van der Waals surface area contributed by atoms with Crippen molar-refractivity contribution in [1.29, 1.82) is 0 Å². The van der Waals surface area contributed by atoms with E-state index in [9.17, 15) is 14.4 Å². The lowest BCUT2D eigenvalue weighted by Gasteiger charge is -2.49. The number of nitrogens with one attached hydrogen (secondary N) is 4. The Balaban J connectivity index is 1.93. The van der Waals surface area contributed by atoms with Crippen LogP contribution in [0.2, 0.25) is 10.0 Å². The van der Waals surface area contributed by atoms with E-state index in [4.69, 9.17) is 35.4 Å². The molecule has 29 heavy (non-hydrogen) atoms. The molecule has 2 fully saturated rings. The van der Waals surface area contributed by atoms with Crippen LogP contribution in [0.3, 0.4) is 0 Å². The van der Waals surface area contributed by atoms with Gasteiger partial charge in [-0.1, -0.05) is 47.5 Å². The number of hydrogen-bond acceptors (Lipinski definition) is 4. The minimum atomic E-state index is -1.75. The third kappa shape index (κ3) is 3.23. The molecular formula is C19H14Cl2N4O3S. The van der Waals surface area contributed by atoms with Crippen LogP contribution in [0.25, 0.3) is 0 Å². The largest absolute Gasteiger partial charge is 0.354 e. The summed E-state index contributed by atoms with van der Waals surface area (Å²) in [6, 6.07) is 10.8. The molecule has 2 aromatic rings. The van der Waals surface area contributed by atoms with Crippen molar-refractivity contribution >= 4 is 58.4 Å². The summed E-state index contributed by atoms with van der Waals surface area (Å²) in [5, 5.41) is 11.7. The first-order chi connectivity index (χ1) is 13.8. The molecular weight excluding hydrogens is 435 g/mol. The summed E-state index contributed by atoms with van der Waals surface area (Å²) in [4.78, 5) is 38.2. The van der Waals surface area contributed by atoms with Gasteiger partial charge in [-0.15, -0.1) is 0 Å². The molecule has 0 aromatic heterocycles. The summed E-state index contributed by atoms with van der Waals surface area (Å²) in [7, 11) is 0. The number of benzene rings is 2. The first-order valence-corrected chi connectivity index (χ1v) is 9.73. The van der Waals surface area contributed by atoms with Gasteiger partial charge >= 0.3 is 6.03 Å². The minimum Gasteiger partial charge on any atom is -0.354 e. The molecule has 4 amide bonds. The Morgan fingerprint density at radius 2 is 1.10 bits per heavy atom. The number of barbiturate groups is 1. The molecule has 4 N–H and O–H groups in total. The predicted octanol–water partition coefficient (Wildman–Crippen LogP) is 2.61. The fourth-order valence-corrected chi connectivity index (χ4v) is 4.26. The molecule has 2 atom stereocenters. The standard InChI is InChI=1S/C19H14Cl2N4O3S/c20-11-5-1-9(2-6-11)13-19(15(26)24-17(28)25-16(19)27)14(23-18(29)22-13)10-3-7-12(21)8-4-10/h1-8,13-14H,(H2,22,23,29)(H2,24,25,26,27,28). The second kappa shape index (κ2) is 7.29. The molecule has 2 aliphatic heterocycles. The van der Waals surface area contributed by atoms with Crippen LogP contribution in [-0.4, -0.2) is 23.0 Å². The van der Waals surface area contributed by atoms with E-state index in [1.807, 2.05) is 0 Å². The molecule has 2 saturated heterocycles. The highest BCUT2D eigenvalue weighted by atomic mass is 35.5. The van der Waals surface area contributed by atoms with Crippen LogP contribution in [0.15, 0.2) is 48.5 Å². The number of thiocarbonyl (C=S) groups is 1. The lowest BCUT2D eigenvalue weighted by molar-refractivity contribution is -0.149. The average molecular weight is 449 g/mol. The number of imide groups is 2. The first kappa shape index (κ1) is 19.6. The lowest BCUT2D eigenvalue weighted by atomic mass is 9.66. The van der Waals surface area contributed by atoms with Crippen molar-refractivity contribution < 1.29 is 14.4 Å². The van der Waals surface area contributed by atoms with Crippen molar-refractivity contribution in [3.63, 3.8) is 0 Å². The number of amides is 4. The summed E-state index contributed by atoms with van der Waals surface area (Å²) in [6.07, 6.45) is 0. The Kier molecular flexibility index (Phi) is 4.94. The van der Waals surface area contributed by atoms with E-state index in [0.717, 1.165) is 0 Å². The van der Waals surface area contributed by atoms with Gasteiger partial charge in [-0.25, -0.2) is 4.79 Å². The normalized spacial score (nSPS) is 23.1. The monoisotopic (exact) mass is 448 g/mol. The fourth-order valence-electron chi connectivity index (χ4n) is 3.77. The molecule has 10 heteroatoms. The van der Waals surface area contributed by atoms with E-state index in [1.54, 1.807) is 48.5 Å². The molecule has 1 spiro atoms. The molecule has 2 heterocycles. The molecule has 0 radical (unpaired) electrons. The van der Waals surface area contributed by atoms with Gasteiger partial charge in [0.15, 0.2) is 10.5 Å². The third-order valence-electron chi connectivity index (χ3n) is 5.07. The Hall–Kier alpha value is -2.68. The highest BCUT2D eigenvalue weighted by molar-refractivity contribution is 7.80. The van der Waals surface area contributed by atoms with Gasteiger partial charge in [-0.05, 0) is 47.6 Å². The van der Waals surface area contributed by atoms with Crippen molar-refractivity contribution in [2.45, 2.75) is 12.1 Å². The van der Waals surface area contributed by atoms with E-state index < -0.39 is 35.3 Å². The molecule has 2 aliphatic rings. The van der Waals surface area contributed by atoms with Crippen LogP contribution in [0.4, 0.5) is 4.79 Å². The molecule has 148 valence electrons. The number of urea groups is 1. The van der Waals surface area contributed by atoms with Crippen LogP contribution in [-0.2, 0) is 9.59 Å². The second-order valence-electron chi connectivity index (χ2n) is 6.69. The van der Waals surface area contributed by atoms with Gasteiger partial charge in [-0.3, -0.25) is 20.2 Å². The van der Waals surface area contributed by atoms with E-state index in [2.05, 4.69) is 21.3 Å². The second-order valence-corrected chi connectivity index (χ2v) is 7.97. The molecule has 0 saturated carbocycles. The molecule has 7 nitrogen and oxygen atoms in total. The van der Waals surface area contributed by atoms with Gasteiger partial charge in [0.1, 0.15) is 0 Å². The van der Waals surface area contributed by atoms with Gasteiger partial charge in [0.05, 0.1) is 12.1 Å². The van der Waals surface area contributed by atoms with Gasteiger partial charge in [0.25, 0.3) is 0 Å².